The van der Waals surface area contributed by atoms with Crippen molar-refractivity contribution in [3.05, 3.63) is 27.4 Å². The molecule has 2 aliphatic rings. The van der Waals surface area contributed by atoms with E-state index in [-0.39, 0.29) is 11.5 Å². The van der Waals surface area contributed by atoms with Gasteiger partial charge in [0.05, 0.1) is 12.3 Å². The molecule has 18 heavy (non-hydrogen) atoms. The standard InChI is InChI=1S/C14H20N2O2/c17-14-11-5-3-1-2-4-6-12(11)15-13(16-14)10-7-8-18-9-10/h10H,1-9H2,(H,15,16,17). The summed E-state index contributed by atoms with van der Waals surface area (Å²) in [5, 5.41) is 0. The molecule has 1 N–H and O–H groups in total. The van der Waals surface area contributed by atoms with Crippen molar-refractivity contribution in [2.24, 2.45) is 0 Å². The first kappa shape index (κ1) is 11.9. The Morgan fingerprint density at radius 3 is 2.78 bits per heavy atom. The van der Waals surface area contributed by atoms with E-state index < -0.39 is 0 Å². The first-order valence-electron chi connectivity index (χ1n) is 7.04. The average molecular weight is 248 g/mol. The Morgan fingerprint density at radius 1 is 1.17 bits per heavy atom. The summed E-state index contributed by atoms with van der Waals surface area (Å²) in [5.41, 5.74) is 2.06. The molecule has 1 aromatic rings. The summed E-state index contributed by atoms with van der Waals surface area (Å²) < 4.78 is 5.38. The molecule has 0 spiro atoms. The third-order valence-corrected chi connectivity index (χ3v) is 4.03. The number of nitrogens with one attached hydrogen (secondary N) is 1. The fourth-order valence-electron chi connectivity index (χ4n) is 2.92. The zero-order chi connectivity index (χ0) is 12.4. The molecule has 4 heteroatoms. The van der Waals surface area contributed by atoms with Crippen molar-refractivity contribution in [1.29, 1.82) is 0 Å². The van der Waals surface area contributed by atoms with E-state index >= 15 is 0 Å². The van der Waals surface area contributed by atoms with Crippen LogP contribution in [0.1, 0.15) is 55.1 Å². The number of fused-ring (bicyclic) bond motifs is 1. The Morgan fingerprint density at radius 2 is 2.00 bits per heavy atom. The van der Waals surface area contributed by atoms with Crippen LogP contribution in [-0.2, 0) is 17.6 Å². The molecule has 1 fully saturated rings. The molecule has 1 aliphatic heterocycles. The summed E-state index contributed by atoms with van der Waals surface area (Å²) in [6.45, 7) is 1.48. The highest BCUT2D eigenvalue weighted by atomic mass is 16.5. The highest BCUT2D eigenvalue weighted by Gasteiger charge is 2.22. The highest BCUT2D eigenvalue weighted by Crippen LogP contribution is 2.23. The summed E-state index contributed by atoms with van der Waals surface area (Å²) in [7, 11) is 0. The van der Waals surface area contributed by atoms with Crippen LogP contribution >= 0.6 is 0 Å². The van der Waals surface area contributed by atoms with E-state index in [4.69, 9.17) is 9.72 Å². The summed E-state index contributed by atoms with van der Waals surface area (Å²) in [4.78, 5) is 19.9. The van der Waals surface area contributed by atoms with E-state index in [0.717, 1.165) is 55.8 Å². The Balaban J connectivity index is 1.96. The number of aryl methyl sites for hydroxylation is 1. The van der Waals surface area contributed by atoms with E-state index in [0.29, 0.717) is 6.61 Å². The van der Waals surface area contributed by atoms with Crippen molar-refractivity contribution < 1.29 is 4.74 Å². The molecule has 1 unspecified atom stereocenters. The van der Waals surface area contributed by atoms with Gasteiger partial charge in [-0.1, -0.05) is 12.8 Å². The Hall–Kier alpha value is -1.16. The molecule has 4 nitrogen and oxygen atoms in total. The smallest absolute Gasteiger partial charge is 0.254 e. The van der Waals surface area contributed by atoms with Crippen molar-refractivity contribution in [1.82, 2.24) is 9.97 Å². The van der Waals surface area contributed by atoms with Crippen LogP contribution in [0.5, 0.6) is 0 Å². The summed E-state index contributed by atoms with van der Waals surface area (Å²) in [5.74, 6) is 1.13. The topological polar surface area (TPSA) is 55.0 Å². The number of H-pyrrole nitrogens is 1. The van der Waals surface area contributed by atoms with Gasteiger partial charge in [0.1, 0.15) is 5.82 Å². The second kappa shape index (κ2) is 5.22. The molecule has 0 bridgehead atoms. The third kappa shape index (κ3) is 2.34. The predicted octanol–water partition coefficient (Wildman–Crippen LogP) is 1.93. The number of hydrogen-bond donors (Lipinski definition) is 1. The van der Waals surface area contributed by atoms with Gasteiger partial charge >= 0.3 is 0 Å². The van der Waals surface area contributed by atoms with Crippen molar-refractivity contribution in [2.45, 2.75) is 50.9 Å². The van der Waals surface area contributed by atoms with Crippen LogP contribution in [0, 0.1) is 0 Å². The van der Waals surface area contributed by atoms with Crippen molar-refractivity contribution in [2.75, 3.05) is 13.2 Å². The van der Waals surface area contributed by atoms with Gasteiger partial charge in [0.15, 0.2) is 0 Å². The normalized spacial score (nSPS) is 24.3. The summed E-state index contributed by atoms with van der Waals surface area (Å²) >= 11 is 0. The lowest BCUT2D eigenvalue weighted by molar-refractivity contribution is 0.193. The lowest BCUT2D eigenvalue weighted by Crippen LogP contribution is -2.23. The van der Waals surface area contributed by atoms with Gasteiger partial charge in [0.25, 0.3) is 5.56 Å². The molecule has 1 saturated heterocycles. The molecular weight excluding hydrogens is 228 g/mol. The Bertz CT molecular complexity index is 475. The van der Waals surface area contributed by atoms with Crippen molar-refractivity contribution >= 4 is 0 Å². The van der Waals surface area contributed by atoms with Gasteiger partial charge in [-0.3, -0.25) is 4.79 Å². The zero-order valence-electron chi connectivity index (χ0n) is 10.7. The van der Waals surface area contributed by atoms with Gasteiger partial charge in [-0.2, -0.15) is 0 Å². The highest BCUT2D eigenvalue weighted by molar-refractivity contribution is 5.20. The Labute approximate surface area is 107 Å². The quantitative estimate of drug-likeness (QED) is 0.826. The van der Waals surface area contributed by atoms with E-state index in [1.54, 1.807) is 0 Å². The van der Waals surface area contributed by atoms with E-state index in [9.17, 15) is 4.79 Å². The Kier molecular flexibility index (Phi) is 3.46. The molecule has 0 saturated carbocycles. The largest absolute Gasteiger partial charge is 0.381 e. The number of rotatable bonds is 1. The van der Waals surface area contributed by atoms with Gasteiger partial charge < -0.3 is 9.72 Å². The average Bonchev–Trinajstić information content (AvgIpc) is 2.84. The number of hydrogen-bond acceptors (Lipinski definition) is 3. The van der Waals surface area contributed by atoms with Gasteiger partial charge in [-0.25, -0.2) is 4.98 Å². The monoisotopic (exact) mass is 248 g/mol. The van der Waals surface area contributed by atoms with Crippen LogP contribution in [0.15, 0.2) is 4.79 Å². The summed E-state index contributed by atoms with van der Waals surface area (Å²) in [6.07, 6.45) is 7.58. The van der Waals surface area contributed by atoms with E-state index in [1.807, 2.05) is 0 Å². The zero-order valence-corrected chi connectivity index (χ0v) is 10.7. The van der Waals surface area contributed by atoms with Crippen molar-refractivity contribution in [3.8, 4) is 0 Å². The van der Waals surface area contributed by atoms with Crippen molar-refractivity contribution in [3.63, 3.8) is 0 Å². The molecule has 0 amide bonds. The summed E-state index contributed by atoms with van der Waals surface area (Å²) in [6, 6.07) is 0. The lowest BCUT2D eigenvalue weighted by atomic mass is 9.97. The van der Waals surface area contributed by atoms with Crippen LogP contribution < -0.4 is 5.56 Å². The second-order valence-electron chi connectivity index (χ2n) is 5.35. The van der Waals surface area contributed by atoms with Crippen LogP contribution in [0.2, 0.25) is 0 Å². The fourth-order valence-corrected chi connectivity index (χ4v) is 2.92. The van der Waals surface area contributed by atoms with E-state index in [1.165, 1.54) is 12.8 Å². The van der Waals surface area contributed by atoms with Crippen LogP contribution in [0.4, 0.5) is 0 Å². The second-order valence-corrected chi connectivity index (χ2v) is 5.35. The molecule has 1 atom stereocenters. The van der Waals surface area contributed by atoms with Gasteiger partial charge in [-0.05, 0) is 32.1 Å². The van der Waals surface area contributed by atoms with Crippen LogP contribution in [0.3, 0.4) is 0 Å². The van der Waals surface area contributed by atoms with Gasteiger partial charge in [-0.15, -0.1) is 0 Å². The van der Waals surface area contributed by atoms with Crippen LogP contribution in [-0.4, -0.2) is 23.2 Å². The third-order valence-electron chi connectivity index (χ3n) is 4.03. The minimum Gasteiger partial charge on any atom is -0.381 e. The molecule has 0 aromatic carbocycles. The molecule has 1 aliphatic carbocycles. The minimum atomic E-state index is 0.0869. The molecular formula is C14H20N2O2. The first-order valence-corrected chi connectivity index (χ1v) is 7.04. The van der Waals surface area contributed by atoms with E-state index in [2.05, 4.69) is 4.98 Å². The van der Waals surface area contributed by atoms with Crippen LogP contribution in [0.25, 0.3) is 0 Å². The number of aromatic nitrogens is 2. The molecule has 98 valence electrons. The minimum absolute atomic E-state index is 0.0869. The molecule has 3 rings (SSSR count). The maximum absolute atomic E-state index is 12.2. The SMILES string of the molecule is O=c1[nH]c(C2CCOC2)nc2c1CCCCCC2. The maximum atomic E-state index is 12.2. The fraction of sp³-hybridized carbons (Fsp3) is 0.714. The van der Waals surface area contributed by atoms with Gasteiger partial charge in [0.2, 0.25) is 0 Å². The maximum Gasteiger partial charge on any atom is 0.254 e. The number of aromatic amines is 1. The molecule has 2 heterocycles. The lowest BCUT2D eigenvalue weighted by Gasteiger charge is -2.15. The van der Waals surface area contributed by atoms with Gasteiger partial charge in [0, 0.05) is 18.1 Å². The molecule has 0 radical (unpaired) electrons. The molecule has 1 aromatic heterocycles. The number of ether oxygens (including phenoxy) is 1. The number of nitrogens with zero attached hydrogens (tertiary/aromatic N) is 1. The predicted molar refractivity (Wildman–Crippen MR) is 68.9 cm³/mol. The first-order chi connectivity index (χ1) is 8.84.